The molecule has 1 aromatic carbocycles. The molecule has 2 N–H and O–H groups in total. The van der Waals surface area contributed by atoms with E-state index >= 15 is 0 Å². The van der Waals surface area contributed by atoms with Crippen molar-refractivity contribution in [1.29, 1.82) is 0 Å². The molecule has 2 rings (SSSR count). The summed E-state index contributed by atoms with van der Waals surface area (Å²) in [6.07, 6.45) is -4.42. The van der Waals surface area contributed by atoms with E-state index in [-0.39, 0.29) is 23.8 Å². The number of ether oxygens (including phenoxy) is 1. The summed E-state index contributed by atoms with van der Waals surface area (Å²) < 4.78 is 43.4. The molecule has 0 fully saturated rings. The lowest BCUT2D eigenvalue weighted by molar-refractivity contribution is -0.137. The highest BCUT2D eigenvalue weighted by atomic mass is 19.4. The first-order valence-corrected chi connectivity index (χ1v) is 5.21. The average molecular weight is 256 g/mol. The minimum absolute atomic E-state index is 0.0226. The summed E-state index contributed by atoms with van der Waals surface area (Å²) in [4.78, 5) is 3.89. The molecule has 1 atom stereocenters. The first-order chi connectivity index (χ1) is 8.39. The van der Waals surface area contributed by atoms with Crippen molar-refractivity contribution in [3.05, 3.63) is 42.0 Å². The van der Waals surface area contributed by atoms with Gasteiger partial charge in [0.25, 0.3) is 6.02 Å². The molecule has 6 heteroatoms. The second-order valence-electron chi connectivity index (χ2n) is 3.86. The zero-order chi connectivity index (χ0) is 13.3. The molecule has 0 unspecified atom stereocenters. The number of hydrogen-bond acceptors (Lipinski definition) is 3. The highest BCUT2D eigenvalue weighted by molar-refractivity contribution is 5.79. The number of rotatable bonds is 2. The van der Waals surface area contributed by atoms with Gasteiger partial charge in [0, 0.05) is 0 Å². The minimum atomic E-state index is -4.42. The Morgan fingerprint density at radius 2 is 2.06 bits per heavy atom. The second kappa shape index (κ2) is 4.36. The summed E-state index contributed by atoms with van der Waals surface area (Å²) in [5, 5.41) is 0. The van der Waals surface area contributed by atoms with Crippen LogP contribution in [0, 0.1) is 0 Å². The van der Waals surface area contributed by atoms with Crippen LogP contribution in [0.2, 0.25) is 0 Å². The van der Waals surface area contributed by atoms with E-state index in [1.54, 1.807) is 0 Å². The molecule has 0 spiro atoms. The van der Waals surface area contributed by atoms with Crippen molar-refractivity contribution < 1.29 is 17.9 Å². The third-order valence-corrected chi connectivity index (χ3v) is 2.65. The van der Waals surface area contributed by atoms with Gasteiger partial charge in [0.15, 0.2) is 0 Å². The van der Waals surface area contributed by atoms with Crippen LogP contribution < -0.4 is 5.73 Å². The van der Waals surface area contributed by atoms with Gasteiger partial charge in [-0.25, -0.2) is 4.99 Å². The van der Waals surface area contributed by atoms with Gasteiger partial charge in [-0.2, -0.15) is 13.2 Å². The normalized spacial score (nSPS) is 19.3. The smallest absolute Gasteiger partial charge is 0.416 e. The second-order valence-corrected chi connectivity index (χ2v) is 3.86. The van der Waals surface area contributed by atoms with E-state index in [0.717, 1.165) is 6.07 Å². The Kier molecular flexibility index (Phi) is 3.02. The Labute approximate surface area is 102 Å². The molecule has 0 aliphatic carbocycles. The Bertz CT molecular complexity index is 508. The van der Waals surface area contributed by atoms with Gasteiger partial charge in [0.1, 0.15) is 12.6 Å². The third kappa shape index (κ3) is 2.32. The summed E-state index contributed by atoms with van der Waals surface area (Å²) in [5.41, 5.74) is 4.88. The van der Waals surface area contributed by atoms with Crippen LogP contribution in [0.1, 0.15) is 11.1 Å². The Morgan fingerprint density at radius 3 is 2.61 bits per heavy atom. The molecule has 0 saturated carbocycles. The third-order valence-electron chi connectivity index (χ3n) is 2.65. The van der Waals surface area contributed by atoms with Crippen LogP contribution in [0.4, 0.5) is 13.2 Å². The quantitative estimate of drug-likeness (QED) is 0.883. The predicted molar refractivity (Wildman–Crippen MR) is 61.8 cm³/mol. The molecule has 1 aromatic rings. The van der Waals surface area contributed by atoms with E-state index in [0.29, 0.717) is 0 Å². The van der Waals surface area contributed by atoms with E-state index in [2.05, 4.69) is 11.6 Å². The summed E-state index contributed by atoms with van der Waals surface area (Å²) in [5.74, 6) is 0. The fraction of sp³-hybridized carbons (Fsp3) is 0.250. The number of halogens is 3. The number of nitrogens with two attached hydrogens (primary N) is 1. The fourth-order valence-electron chi connectivity index (χ4n) is 1.76. The van der Waals surface area contributed by atoms with Crippen LogP contribution in [0.3, 0.4) is 0 Å². The number of benzene rings is 1. The van der Waals surface area contributed by atoms with Gasteiger partial charge in [-0.1, -0.05) is 24.8 Å². The maximum atomic E-state index is 12.8. The first-order valence-electron chi connectivity index (χ1n) is 5.21. The summed E-state index contributed by atoms with van der Waals surface area (Å²) in [7, 11) is 0. The van der Waals surface area contributed by atoms with Crippen LogP contribution in [0.5, 0.6) is 0 Å². The molecule has 1 aliphatic rings. The number of hydrogen-bond donors (Lipinski definition) is 1. The number of alkyl halides is 3. The Balaban J connectivity index is 2.37. The van der Waals surface area contributed by atoms with E-state index in [4.69, 9.17) is 10.5 Å². The van der Waals surface area contributed by atoms with Crippen LogP contribution in [0.15, 0.2) is 35.8 Å². The Hall–Kier alpha value is -1.98. The number of nitrogens with zero attached hydrogens (tertiary/aromatic N) is 1. The molecule has 0 amide bonds. The lowest BCUT2D eigenvalue weighted by Gasteiger charge is -2.16. The predicted octanol–water partition coefficient (Wildman–Crippen LogP) is 2.43. The molecular formula is C12H11F3N2O. The maximum Gasteiger partial charge on any atom is 0.416 e. The van der Waals surface area contributed by atoms with Gasteiger partial charge in [-0.05, 0) is 17.2 Å². The van der Waals surface area contributed by atoms with Crippen LogP contribution >= 0.6 is 0 Å². The Morgan fingerprint density at radius 1 is 1.39 bits per heavy atom. The van der Waals surface area contributed by atoms with Crippen molar-refractivity contribution in [2.24, 2.45) is 10.7 Å². The van der Waals surface area contributed by atoms with Crippen LogP contribution in [-0.4, -0.2) is 18.7 Å². The van der Waals surface area contributed by atoms with Gasteiger partial charge in [-0.15, -0.1) is 0 Å². The van der Waals surface area contributed by atoms with Crippen molar-refractivity contribution >= 4 is 11.6 Å². The highest BCUT2D eigenvalue weighted by Crippen LogP contribution is 2.36. The standard InChI is InChI=1S/C12H11F3N2O/c1-7(10-6-18-11(16)17-10)8-4-2-3-5-9(8)12(13,14)15/h2-5,10H,1,6H2,(H2,16,17)/t10-/m1/s1. The zero-order valence-electron chi connectivity index (χ0n) is 9.37. The molecule has 0 radical (unpaired) electrons. The molecule has 96 valence electrons. The summed E-state index contributed by atoms with van der Waals surface area (Å²) >= 11 is 0. The van der Waals surface area contributed by atoms with Crippen LogP contribution in [0.25, 0.3) is 5.57 Å². The van der Waals surface area contributed by atoms with Crippen molar-refractivity contribution in [3.8, 4) is 0 Å². The van der Waals surface area contributed by atoms with Crippen molar-refractivity contribution in [2.45, 2.75) is 12.2 Å². The fourth-order valence-corrected chi connectivity index (χ4v) is 1.76. The maximum absolute atomic E-state index is 12.8. The molecular weight excluding hydrogens is 245 g/mol. The minimum Gasteiger partial charge on any atom is -0.463 e. The molecule has 0 aromatic heterocycles. The lowest BCUT2D eigenvalue weighted by atomic mass is 9.96. The van der Waals surface area contributed by atoms with E-state index in [1.807, 2.05) is 0 Å². The molecule has 18 heavy (non-hydrogen) atoms. The molecule has 1 heterocycles. The molecule has 0 saturated heterocycles. The van der Waals surface area contributed by atoms with E-state index < -0.39 is 17.8 Å². The molecule has 0 bridgehead atoms. The van der Waals surface area contributed by atoms with Gasteiger partial charge >= 0.3 is 6.18 Å². The molecule has 1 aliphatic heterocycles. The van der Waals surface area contributed by atoms with Gasteiger partial charge < -0.3 is 10.5 Å². The van der Waals surface area contributed by atoms with Crippen molar-refractivity contribution in [3.63, 3.8) is 0 Å². The first kappa shape index (κ1) is 12.5. The summed E-state index contributed by atoms with van der Waals surface area (Å²) in [6, 6.07) is 4.67. The van der Waals surface area contributed by atoms with Crippen molar-refractivity contribution in [2.75, 3.05) is 6.61 Å². The lowest BCUT2D eigenvalue weighted by Crippen LogP contribution is -2.14. The van der Waals surface area contributed by atoms with E-state index in [1.165, 1.54) is 18.2 Å². The van der Waals surface area contributed by atoms with Crippen LogP contribution in [-0.2, 0) is 10.9 Å². The van der Waals surface area contributed by atoms with E-state index in [9.17, 15) is 13.2 Å². The topological polar surface area (TPSA) is 47.6 Å². The number of amidine groups is 1. The average Bonchev–Trinajstić information content (AvgIpc) is 2.74. The van der Waals surface area contributed by atoms with Gasteiger partial charge in [-0.3, -0.25) is 0 Å². The largest absolute Gasteiger partial charge is 0.463 e. The zero-order valence-corrected chi connectivity index (χ0v) is 9.37. The summed E-state index contributed by atoms with van der Waals surface area (Å²) in [6.45, 7) is 3.79. The number of aliphatic imine (C=N–C) groups is 1. The highest BCUT2D eigenvalue weighted by Gasteiger charge is 2.35. The van der Waals surface area contributed by atoms with Crippen molar-refractivity contribution in [1.82, 2.24) is 0 Å². The van der Waals surface area contributed by atoms with Gasteiger partial charge in [0.05, 0.1) is 5.56 Å². The molecule has 3 nitrogen and oxygen atoms in total. The SMILES string of the molecule is C=C(c1ccccc1C(F)(F)F)[C@H]1COC(N)=N1. The monoisotopic (exact) mass is 256 g/mol. The van der Waals surface area contributed by atoms with Gasteiger partial charge in [0.2, 0.25) is 0 Å².